The van der Waals surface area contributed by atoms with Gasteiger partial charge in [0.05, 0.1) is 31.1 Å². The van der Waals surface area contributed by atoms with Gasteiger partial charge in [0.2, 0.25) is 15.9 Å². The maximum Gasteiger partial charge on any atom is 0.239 e. The quantitative estimate of drug-likeness (QED) is 0.609. The molecule has 33 heavy (non-hydrogen) atoms. The molecule has 1 aromatic rings. The molecule has 2 aliphatic heterocycles. The predicted octanol–water partition coefficient (Wildman–Crippen LogP) is 3.75. The van der Waals surface area contributed by atoms with Gasteiger partial charge in [-0.2, -0.15) is 0 Å². The van der Waals surface area contributed by atoms with E-state index in [9.17, 15) is 13.2 Å². The van der Waals surface area contributed by atoms with Crippen molar-refractivity contribution in [3.63, 3.8) is 0 Å². The molecule has 6 rings (SSSR count). The average Bonchev–Trinajstić information content (AvgIpc) is 3.25. The van der Waals surface area contributed by atoms with E-state index in [0.29, 0.717) is 25.6 Å². The Morgan fingerprint density at radius 2 is 1.97 bits per heavy atom. The zero-order valence-electron chi connectivity index (χ0n) is 19.8. The van der Waals surface area contributed by atoms with Gasteiger partial charge in [-0.3, -0.25) is 4.79 Å². The van der Waals surface area contributed by atoms with Gasteiger partial charge in [-0.1, -0.05) is 51.1 Å². The topological polar surface area (TPSA) is 76.2 Å². The van der Waals surface area contributed by atoms with E-state index in [1.165, 1.54) is 4.31 Å². The number of amides is 1. The van der Waals surface area contributed by atoms with Gasteiger partial charge < -0.3 is 9.47 Å². The molecule has 0 N–H and O–H groups in total. The molecule has 180 valence electrons. The van der Waals surface area contributed by atoms with Crippen LogP contribution in [0.3, 0.4) is 0 Å². The third-order valence-corrected chi connectivity index (χ3v) is 12.0. The molecular formula is C26H35NO5S. The van der Waals surface area contributed by atoms with Crippen LogP contribution in [0.5, 0.6) is 0 Å². The Kier molecular flexibility index (Phi) is 4.71. The number of ether oxygens (including phenoxy) is 2. The van der Waals surface area contributed by atoms with Crippen LogP contribution in [-0.4, -0.2) is 48.7 Å². The van der Waals surface area contributed by atoms with Gasteiger partial charge in [0, 0.05) is 11.3 Å². The molecule has 1 aromatic carbocycles. The Morgan fingerprint density at radius 3 is 2.70 bits per heavy atom. The Balaban J connectivity index is 1.15. The van der Waals surface area contributed by atoms with Crippen molar-refractivity contribution in [1.82, 2.24) is 4.31 Å². The number of sulfonamides is 1. The standard InChI is InChI=1S/C26H35NO5S/c1-17-13-26(15-31-14-18-7-5-4-6-8-18)22(32-26)12-20(17)23(28)27-21-11-19-9-10-25(21,24(19,2)3)16-33(27,29)30/h4-8,17,19-22H,9-16H2,1-3H3/t17-,19?,20-,21?,22+,25?,26+/m0/s1. The number of fused-ring (bicyclic) bond motifs is 2. The number of rotatable bonds is 5. The molecule has 2 heterocycles. The molecule has 2 bridgehead atoms. The summed E-state index contributed by atoms with van der Waals surface area (Å²) in [7, 11) is -3.58. The second-order valence-electron chi connectivity index (χ2n) is 11.9. The maximum atomic E-state index is 13.8. The molecule has 3 saturated carbocycles. The van der Waals surface area contributed by atoms with Crippen LogP contribution in [0.25, 0.3) is 0 Å². The predicted molar refractivity (Wildman–Crippen MR) is 124 cm³/mol. The van der Waals surface area contributed by atoms with E-state index in [0.717, 1.165) is 31.2 Å². The van der Waals surface area contributed by atoms with Crippen LogP contribution in [0, 0.1) is 28.6 Å². The van der Waals surface area contributed by atoms with Gasteiger partial charge >= 0.3 is 0 Å². The van der Waals surface area contributed by atoms with Gasteiger partial charge in [-0.15, -0.1) is 0 Å². The minimum absolute atomic E-state index is 0.0193. The van der Waals surface area contributed by atoms with Crippen molar-refractivity contribution in [3.8, 4) is 0 Å². The normalized spacial score (nSPS) is 43.8. The zero-order valence-corrected chi connectivity index (χ0v) is 20.6. The van der Waals surface area contributed by atoms with Crippen molar-refractivity contribution >= 4 is 15.9 Å². The highest BCUT2D eigenvalue weighted by atomic mass is 32.2. The monoisotopic (exact) mass is 473 g/mol. The summed E-state index contributed by atoms with van der Waals surface area (Å²) < 4.78 is 40.1. The van der Waals surface area contributed by atoms with Gasteiger partial charge in [0.1, 0.15) is 5.60 Å². The van der Waals surface area contributed by atoms with Crippen LogP contribution in [-0.2, 0) is 30.9 Å². The minimum atomic E-state index is -3.58. The molecule has 5 fully saturated rings. The van der Waals surface area contributed by atoms with Crippen LogP contribution in [0.2, 0.25) is 0 Å². The van der Waals surface area contributed by atoms with Crippen LogP contribution in [0.1, 0.15) is 58.4 Å². The highest BCUT2D eigenvalue weighted by Gasteiger charge is 2.73. The van der Waals surface area contributed by atoms with E-state index < -0.39 is 10.0 Å². The number of hydrogen-bond acceptors (Lipinski definition) is 5. The first-order chi connectivity index (χ1) is 15.6. The molecule has 1 amide bonds. The van der Waals surface area contributed by atoms with E-state index in [2.05, 4.69) is 20.8 Å². The molecule has 7 heteroatoms. The minimum Gasteiger partial charge on any atom is -0.374 e. The lowest BCUT2D eigenvalue weighted by Crippen LogP contribution is -2.49. The Bertz CT molecular complexity index is 1070. The Morgan fingerprint density at radius 1 is 1.21 bits per heavy atom. The Hall–Kier alpha value is -1.44. The molecule has 6 nitrogen and oxygen atoms in total. The van der Waals surface area contributed by atoms with E-state index in [4.69, 9.17) is 9.47 Å². The summed E-state index contributed by atoms with van der Waals surface area (Å²) >= 11 is 0. The van der Waals surface area contributed by atoms with Crippen molar-refractivity contribution in [1.29, 1.82) is 0 Å². The number of carbonyl (C=O) groups excluding carboxylic acids is 1. The number of hydrogen-bond donors (Lipinski definition) is 0. The van der Waals surface area contributed by atoms with Crippen LogP contribution >= 0.6 is 0 Å². The largest absolute Gasteiger partial charge is 0.374 e. The molecule has 1 spiro atoms. The number of carbonyl (C=O) groups is 1. The molecule has 3 unspecified atom stereocenters. The molecule has 0 radical (unpaired) electrons. The highest BCUT2D eigenvalue weighted by Crippen LogP contribution is 2.70. The highest BCUT2D eigenvalue weighted by molar-refractivity contribution is 7.90. The van der Waals surface area contributed by atoms with Crippen LogP contribution in [0.4, 0.5) is 0 Å². The fourth-order valence-electron chi connectivity index (χ4n) is 8.03. The molecule has 0 aromatic heterocycles. The summed E-state index contributed by atoms with van der Waals surface area (Å²) in [5.41, 5.74) is 0.521. The van der Waals surface area contributed by atoms with E-state index in [-0.39, 0.29) is 52.1 Å². The first kappa shape index (κ1) is 22.1. The molecular weight excluding hydrogens is 438 g/mol. The molecule has 2 saturated heterocycles. The second-order valence-corrected chi connectivity index (χ2v) is 13.8. The summed E-state index contributed by atoms with van der Waals surface area (Å²) in [6.45, 7) is 7.57. The van der Waals surface area contributed by atoms with Crippen molar-refractivity contribution in [2.45, 2.75) is 77.2 Å². The van der Waals surface area contributed by atoms with Crippen molar-refractivity contribution in [2.75, 3.05) is 12.4 Å². The van der Waals surface area contributed by atoms with Crippen molar-refractivity contribution in [3.05, 3.63) is 35.9 Å². The van der Waals surface area contributed by atoms with Crippen LogP contribution in [0.15, 0.2) is 30.3 Å². The van der Waals surface area contributed by atoms with Gasteiger partial charge in [0.15, 0.2) is 0 Å². The van der Waals surface area contributed by atoms with E-state index in [1.807, 2.05) is 30.3 Å². The number of nitrogens with zero attached hydrogens (tertiary/aromatic N) is 1. The van der Waals surface area contributed by atoms with Crippen molar-refractivity contribution < 1.29 is 22.7 Å². The summed E-state index contributed by atoms with van der Waals surface area (Å²) in [5.74, 6) is 0.236. The van der Waals surface area contributed by atoms with E-state index in [1.54, 1.807) is 0 Å². The van der Waals surface area contributed by atoms with Gasteiger partial charge in [-0.05, 0) is 54.9 Å². The fraction of sp³-hybridized carbons (Fsp3) is 0.731. The lowest BCUT2D eigenvalue weighted by atomic mass is 9.68. The third kappa shape index (κ3) is 3.04. The summed E-state index contributed by atoms with van der Waals surface area (Å²) in [6, 6.07) is 9.92. The van der Waals surface area contributed by atoms with Gasteiger partial charge in [-0.25, -0.2) is 12.7 Å². The first-order valence-corrected chi connectivity index (χ1v) is 14.1. The summed E-state index contributed by atoms with van der Waals surface area (Å²) in [5, 5.41) is 0. The smallest absolute Gasteiger partial charge is 0.239 e. The summed E-state index contributed by atoms with van der Waals surface area (Å²) in [6.07, 6.45) is 4.15. The average molecular weight is 474 g/mol. The van der Waals surface area contributed by atoms with Crippen LogP contribution < -0.4 is 0 Å². The first-order valence-electron chi connectivity index (χ1n) is 12.5. The van der Waals surface area contributed by atoms with E-state index >= 15 is 0 Å². The SMILES string of the molecule is C[C@H]1C[C@]2(COCc3ccccc3)O[C@@H]2C[C@@H]1C(=O)N1C2CC3CCC2(CS1(=O)=O)C3(C)C. The number of epoxide rings is 1. The van der Waals surface area contributed by atoms with Gasteiger partial charge in [0.25, 0.3) is 0 Å². The third-order valence-electron chi connectivity index (χ3n) is 10.1. The second kappa shape index (κ2) is 7.05. The maximum absolute atomic E-state index is 13.8. The number of benzene rings is 1. The Labute approximate surface area is 197 Å². The lowest BCUT2D eigenvalue weighted by molar-refractivity contribution is -0.136. The lowest BCUT2D eigenvalue weighted by Gasteiger charge is -2.38. The zero-order chi connectivity index (χ0) is 23.2. The van der Waals surface area contributed by atoms with Crippen molar-refractivity contribution in [2.24, 2.45) is 28.6 Å². The molecule has 5 aliphatic rings. The molecule has 7 atom stereocenters. The molecule has 3 aliphatic carbocycles. The summed E-state index contributed by atoms with van der Waals surface area (Å²) in [4.78, 5) is 13.8. The fourth-order valence-corrected chi connectivity index (χ4v) is 10.6.